The van der Waals surface area contributed by atoms with Gasteiger partial charge in [-0.15, -0.1) is 0 Å². The first-order valence-electron chi connectivity index (χ1n) is 5.43. The van der Waals surface area contributed by atoms with E-state index in [0.717, 1.165) is 0 Å². The fraction of sp³-hybridized carbons (Fsp3) is 0.333. The number of hydrogen-bond acceptors (Lipinski definition) is 5. The van der Waals surface area contributed by atoms with Crippen LogP contribution in [0.15, 0.2) is 12.1 Å². The van der Waals surface area contributed by atoms with Crippen molar-refractivity contribution in [3.63, 3.8) is 0 Å². The number of benzene rings is 1. The minimum atomic E-state index is -0.508. The van der Waals surface area contributed by atoms with Crippen LogP contribution in [-0.4, -0.2) is 43.9 Å². The second-order valence-electron chi connectivity index (χ2n) is 3.84. The fourth-order valence-electron chi connectivity index (χ4n) is 1.10. The molecule has 0 heterocycles. The van der Waals surface area contributed by atoms with Crippen molar-refractivity contribution in [3.05, 3.63) is 22.2 Å². The van der Waals surface area contributed by atoms with Crippen molar-refractivity contribution in [1.82, 2.24) is 4.90 Å². The molecule has 20 heavy (non-hydrogen) atoms. The van der Waals surface area contributed by atoms with Crippen molar-refractivity contribution in [2.75, 3.05) is 27.8 Å². The van der Waals surface area contributed by atoms with Gasteiger partial charge in [0.15, 0.2) is 12.4 Å². The molecule has 0 aliphatic rings. The van der Waals surface area contributed by atoms with Gasteiger partial charge in [0, 0.05) is 26.2 Å². The van der Waals surface area contributed by atoms with Gasteiger partial charge in [-0.25, -0.2) is 4.79 Å². The van der Waals surface area contributed by atoms with Gasteiger partial charge < -0.3 is 19.1 Å². The van der Waals surface area contributed by atoms with Gasteiger partial charge in [0.25, 0.3) is 5.17 Å². The molecule has 0 amide bonds. The summed E-state index contributed by atoms with van der Waals surface area (Å²) in [6.45, 7) is -0.237. The highest BCUT2D eigenvalue weighted by Gasteiger charge is 2.14. The maximum atomic E-state index is 11.0. The van der Waals surface area contributed by atoms with Gasteiger partial charge in [-0.3, -0.25) is 0 Å². The van der Waals surface area contributed by atoms with E-state index in [0.29, 0.717) is 5.75 Å². The van der Waals surface area contributed by atoms with E-state index in [1.165, 1.54) is 19.2 Å². The molecular weight excluding hydrogens is 325 g/mol. The standard InChI is InChI=1S/C12H13Cl2NO4S/c1-15(2)12(20)19-11-8(13)4-7(5-9(11)14)18-6-10(16)17-3/h4-5H,6H2,1-3H3. The van der Waals surface area contributed by atoms with Crippen molar-refractivity contribution < 1.29 is 19.0 Å². The lowest BCUT2D eigenvalue weighted by Crippen LogP contribution is -2.25. The molecule has 110 valence electrons. The summed E-state index contributed by atoms with van der Waals surface area (Å²) in [5.74, 6) is 0.0531. The number of carbonyl (C=O) groups excluding carboxylic acids is 1. The molecule has 0 atom stereocenters. The Kier molecular flexibility index (Phi) is 6.32. The second-order valence-corrected chi connectivity index (χ2v) is 5.01. The molecular formula is C12H13Cl2NO4S. The summed E-state index contributed by atoms with van der Waals surface area (Å²) in [6, 6.07) is 2.95. The van der Waals surface area contributed by atoms with E-state index in [1.807, 2.05) is 0 Å². The molecule has 1 aromatic carbocycles. The molecule has 1 rings (SSSR count). The molecule has 0 aliphatic carbocycles. The number of esters is 1. The van der Waals surface area contributed by atoms with Crippen LogP contribution in [0.1, 0.15) is 0 Å². The Morgan fingerprint density at radius 1 is 1.30 bits per heavy atom. The molecule has 0 N–H and O–H groups in total. The van der Waals surface area contributed by atoms with Crippen LogP contribution in [0.3, 0.4) is 0 Å². The summed E-state index contributed by atoms with van der Waals surface area (Å²) < 4.78 is 15.0. The molecule has 0 saturated carbocycles. The highest BCUT2D eigenvalue weighted by Crippen LogP contribution is 2.37. The molecule has 0 fully saturated rings. The largest absolute Gasteiger partial charge is 0.482 e. The fourth-order valence-corrected chi connectivity index (χ4v) is 1.72. The number of methoxy groups -OCH3 is 1. The smallest absolute Gasteiger partial charge is 0.343 e. The number of halogens is 2. The van der Waals surface area contributed by atoms with Crippen LogP contribution < -0.4 is 9.47 Å². The Hall–Kier alpha value is -1.24. The van der Waals surface area contributed by atoms with Crippen molar-refractivity contribution in [2.45, 2.75) is 0 Å². The van der Waals surface area contributed by atoms with Crippen molar-refractivity contribution >= 4 is 46.6 Å². The first kappa shape index (κ1) is 16.8. The van der Waals surface area contributed by atoms with Crippen molar-refractivity contribution in [2.24, 2.45) is 0 Å². The molecule has 0 unspecified atom stereocenters. The summed E-state index contributed by atoms with van der Waals surface area (Å²) in [5, 5.41) is 0.667. The average Bonchev–Trinajstić information content (AvgIpc) is 2.39. The van der Waals surface area contributed by atoms with E-state index in [9.17, 15) is 4.79 Å². The van der Waals surface area contributed by atoms with Crippen LogP contribution in [0.25, 0.3) is 0 Å². The van der Waals surface area contributed by atoms with E-state index >= 15 is 0 Å². The SMILES string of the molecule is COC(=O)COc1cc(Cl)c(OC(=S)N(C)C)c(Cl)c1. The summed E-state index contributed by atoms with van der Waals surface area (Å²) in [6.07, 6.45) is 0. The molecule has 1 aromatic rings. The van der Waals surface area contributed by atoms with E-state index in [1.54, 1.807) is 19.0 Å². The van der Waals surface area contributed by atoms with Gasteiger partial charge >= 0.3 is 5.97 Å². The lowest BCUT2D eigenvalue weighted by atomic mass is 10.3. The highest BCUT2D eigenvalue weighted by atomic mass is 35.5. The third-order valence-electron chi connectivity index (χ3n) is 2.11. The summed E-state index contributed by atoms with van der Waals surface area (Å²) >= 11 is 17.1. The molecule has 0 saturated heterocycles. The molecule has 0 radical (unpaired) electrons. The van der Waals surface area contributed by atoms with Crippen LogP contribution in [-0.2, 0) is 9.53 Å². The number of hydrogen-bond donors (Lipinski definition) is 0. The Morgan fingerprint density at radius 2 is 1.85 bits per heavy atom. The summed E-state index contributed by atoms with van der Waals surface area (Å²) in [7, 11) is 4.74. The second kappa shape index (κ2) is 7.52. The monoisotopic (exact) mass is 337 g/mol. The topological polar surface area (TPSA) is 48.0 Å². The van der Waals surface area contributed by atoms with Crippen molar-refractivity contribution in [1.29, 1.82) is 0 Å². The number of ether oxygens (including phenoxy) is 3. The normalized spacial score (nSPS) is 9.85. The molecule has 0 aromatic heterocycles. The Bertz CT molecular complexity index is 499. The van der Waals surface area contributed by atoms with Crippen LogP contribution in [0.4, 0.5) is 0 Å². The van der Waals surface area contributed by atoms with Gasteiger partial charge in [-0.2, -0.15) is 0 Å². The minimum Gasteiger partial charge on any atom is -0.482 e. The van der Waals surface area contributed by atoms with Crippen LogP contribution in [0, 0.1) is 0 Å². The zero-order valence-electron chi connectivity index (χ0n) is 11.1. The van der Waals surface area contributed by atoms with Crippen LogP contribution >= 0.6 is 35.4 Å². The van der Waals surface area contributed by atoms with E-state index in [-0.39, 0.29) is 27.6 Å². The first-order chi connectivity index (χ1) is 9.35. The van der Waals surface area contributed by atoms with E-state index in [2.05, 4.69) is 4.74 Å². The molecule has 0 spiro atoms. The highest BCUT2D eigenvalue weighted by molar-refractivity contribution is 7.80. The molecule has 0 bridgehead atoms. The Morgan fingerprint density at radius 3 is 2.30 bits per heavy atom. The Labute approximate surface area is 132 Å². The number of rotatable bonds is 4. The van der Waals surface area contributed by atoms with E-state index in [4.69, 9.17) is 44.9 Å². The van der Waals surface area contributed by atoms with Crippen LogP contribution in [0.5, 0.6) is 11.5 Å². The maximum Gasteiger partial charge on any atom is 0.343 e. The third kappa shape index (κ3) is 4.70. The van der Waals surface area contributed by atoms with Gasteiger partial charge in [-0.1, -0.05) is 23.2 Å². The molecule has 0 aliphatic heterocycles. The predicted molar refractivity (Wildman–Crippen MR) is 80.9 cm³/mol. The van der Waals surface area contributed by atoms with Gasteiger partial charge in [0.05, 0.1) is 17.2 Å². The van der Waals surface area contributed by atoms with Crippen molar-refractivity contribution in [3.8, 4) is 11.5 Å². The molecule has 8 heteroatoms. The predicted octanol–water partition coefficient (Wildman–Crippen LogP) is 2.77. The van der Waals surface area contributed by atoms with E-state index < -0.39 is 5.97 Å². The van der Waals surface area contributed by atoms with Crippen LogP contribution in [0.2, 0.25) is 10.0 Å². The zero-order valence-corrected chi connectivity index (χ0v) is 13.4. The number of nitrogens with zero attached hydrogens (tertiary/aromatic N) is 1. The third-order valence-corrected chi connectivity index (χ3v) is 3.12. The van der Waals surface area contributed by atoms with Gasteiger partial charge in [0.1, 0.15) is 5.75 Å². The lowest BCUT2D eigenvalue weighted by Gasteiger charge is -2.16. The minimum absolute atomic E-state index is 0.219. The quantitative estimate of drug-likeness (QED) is 0.622. The maximum absolute atomic E-state index is 11.0. The first-order valence-corrected chi connectivity index (χ1v) is 6.59. The number of carbonyl (C=O) groups is 1. The summed E-state index contributed by atoms with van der Waals surface area (Å²) in [4.78, 5) is 12.6. The lowest BCUT2D eigenvalue weighted by molar-refractivity contribution is -0.142. The van der Waals surface area contributed by atoms with Gasteiger partial charge in [0.2, 0.25) is 0 Å². The van der Waals surface area contributed by atoms with Gasteiger partial charge in [-0.05, 0) is 12.2 Å². The number of thiocarbonyl (C=S) groups is 1. The zero-order chi connectivity index (χ0) is 15.3. The summed E-state index contributed by atoms with van der Waals surface area (Å²) in [5.41, 5.74) is 0. The Balaban J connectivity index is 2.86. The average molecular weight is 338 g/mol. The molecule has 5 nitrogen and oxygen atoms in total.